The first kappa shape index (κ1) is 31.2. The fourth-order valence-electron chi connectivity index (χ4n) is 4.91. The highest BCUT2D eigenvalue weighted by atomic mass is 32.1. The molecule has 5 atom stereocenters. The number of alkyl halides is 2. The minimum absolute atomic E-state index is 0. The van der Waals surface area contributed by atoms with Gasteiger partial charge in [-0.2, -0.15) is 13.8 Å². The second-order valence-corrected chi connectivity index (χ2v) is 11.2. The van der Waals surface area contributed by atoms with Crippen molar-refractivity contribution in [3.05, 3.63) is 47.8 Å². The van der Waals surface area contributed by atoms with E-state index in [9.17, 15) is 24.1 Å². The van der Waals surface area contributed by atoms with E-state index in [0.717, 1.165) is 10.3 Å². The van der Waals surface area contributed by atoms with Gasteiger partial charge in [0.15, 0.2) is 5.82 Å². The molecule has 1 saturated carbocycles. The van der Waals surface area contributed by atoms with Crippen LogP contribution in [0.5, 0.6) is 5.75 Å². The van der Waals surface area contributed by atoms with Crippen LogP contribution in [0, 0.1) is 12.8 Å². The number of anilines is 3. The maximum Gasteiger partial charge on any atom is 0.394 e. The lowest BCUT2D eigenvalue weighted by Crippen LogP contribution is -2.35. The number of nitrogens with one attached hydrogen (secondary N) is 2. The maximum absolute atomic E-state index is 13.2. The van der Waals surface area contributed by atoms with E-state index in [1.807, 2.05) is 13.0 Å². The number of fused-ring (bicyclic) bond motifs is 1. The second-order valence-electron chi connectivity index (χ2n) is 10.2. The lowest BCUT2D eigenvalue weighted by atomic mass is 10.1. The highest BCUT2D eigenvalue weighted by Gasteiger charge is 2.41. The minimum atomic E-state index is -3.28. The van der Waals surface area contributed by atoms with Gasteiger partial charge < -0.3 is 36.4 Å². The highest BCUT2D eigenvalue weighted by Crippen LogP contribution is 2.39. The highest BCUT2D eigenvalue weighted by molar-refractivity contribution is 7.21. The van der Waals surface area contributed by atoms with Crippen molar-refractivity contribution < 1.29 is 28.8 Å². The zero-order valence-corrected chi connectivity index (χ0v) is 23.4. The van der Waals surface area contributed by atoms with Crippen LogP contribution in [0.1, 0.15) is 45.0 Å². The standard InChI is InChI=1S/C27H31F2N7O4S.CH4/c1-12(14-4-6-16(7-5-14)40-27(3,28)29)32-26-33-13(2)19(25-35-20-18(41-25)8-9-31-23(20)30)24(36-26)34-17-10-15(11-37)21(38)22(17)39;/h4-9,12,15,17,21-22,37-39H,10-11H2,1-3H3,(H2,30,31)(H2,32,33,34,36);1H4/t12-,15-,17-,21-,22+;/m1./s1. The number of benzene rings is 1. The maximum atomic E-state index is 13.2. The number of nitrogens with zero attached hydrogens (tertiary/aromatic N) is 4. The Labute approximate surface area is 245 Å². The van der Waals surface area contributed by atoms with E-state index in [1.54, 1.807) is 25.3 Å². The van der Waals surface area contributed by atoms with Gasteiger partial charge in [-0.15, -0.1) is 11.3 Å². The Kier molecular flexibility index (Phi) is 9.11. The molecule has 0 amide bonds. The molecule has 0 aliphatic heterocycles. The first-order valence-corrected chi connectivity index (χ1v) is 13.8. The predicted molar refractivity (Wildman–Crippen MR) is 159 cm³/mol. The number of pyridine rings is 1. The molecule has 0 bridgehead atoms. The molecule has 1 aliphatic rings. The molecule has 4 aromatic rings. The van der Waals surface area contributed by atoms with Crippen molar-refractivity contribution in [2.24, 2.45) is 5.92 Å². The molecule has 226 valence electrons. The summed E-state index contributed by atoms with van der Waals surface area (Å²) in [5.74, 6) is 0.502. The Morgan fingerprint density at radius 2 is 1.86 bits per heavy atom. The molecule has 0 radical (unpaired) electrons. The zero-order chi connectivity index (χ0) is 29.5. The number of rotatable bonds is 9. The number of aryl methyl sites for hydroxylation is 1. The van der Waals surface area contributed by atoms with Crippen LogP contribution in [0.2, 0.25) is 0 Å². The van der Waals surface area contributed by atoms with Crippen molar-refractivity contribution in [3.8, 4) is 16.3 Å². The van der Waals surface area contributed by atoms with Crippen molar-refractivity contribution >= 4 is 39.1 Å². The summed E-state index contributed by atoms with van der Waals surface area (Å²) in [5, 5.41) is 37.8. The summed E-state index contributed by atoms with van der Waals surface area (Å²) in [5.41, 5.74) is 8.56. The lowest BCUT2D eigenvalue weighted by Gasteiger charge is -2.22. The Morgan fingerprint density at radius 1 is 1.14 bits per heavy atom. The molecular formula is C28H35F2N7O4S. The summed E-state index contributed by atoms with van der Waals surface area (Å²) >= 11 is 1.39. The van der Waals surface area contributed by atoms with Gasteiger partial charge in [-0.3, -0.25) is 0 Å². The van der Waals surface area contributed by atoms with Crippen LogP contribution in [-0.2, 0) is 0 Å². The molecule has 3 heterocycles. The van der Waals surface area contributed by atoms with Gasteiger partial charge in [0.25, 0.3) is 0 Å². The molecule has 1 aliphatic carbocycles. The summed E-state index contributed by atoms with van der Waals surface area (Å²) in [6, 6.07) is 7.18. The van der Waals surface area contributed by atoms with E-state index in [0.29, 0.717) is 46.8 Å². The van der Waals surface area contributed by atoms with Gasteiger partial charge in [-0.25, -0.2) is 15.0 Å². The number of ether oxygens (including phenoxy) is 1. The quantitative estimate of drug-likeness (QED) is 0.161. The number of nitrogens with two attached hydrogens (primary N) is 1. The zero-order valence-electron chi connectivity index (χ0n) is 22.5. The summed E-state index contributed by atoms with van der Waals surface area (Å²) in [6.07, 6.45) is -3.57. The number of hydrogen-bond acceptors (Lipinski definition) is 12. The lowest BCUT2D eigenvalue weighted by molar-refractivity contribution is -0.158. The third-order valence-electron chi connectivity index (χ3n) is 7.02. The predicted octanol–water partition coefficient (Wildman–Crippen LogP) is 4.35. The number of nitrogen functional groups attached to an aromatic ring is 1. The van der Waals surface area contributed by atoms with Crippen LogP contribution in [0.4, 0.5) is 26.4 Å². The van der Waals surface area contributed by atoms with E-state index < -0.39 is 30.3 Å². The van der Waals surface area contributed by atoms with E-state index in [-0.39, 0.29) is 31.8 Å². The average Bonchev–Trinajstić information content (AvgIpc) is 3.45. The number of hydrogen-bond donors (Lipinski definition) is 6. The first-order chi connectivity index (χ1) is 19.4. The van der Waals surface area contributed by atoms with E-state index in [1.165, 1.54) is 23.5 Å². The molecule has 0 spiro atoms. The van der Waals surface area contributed by atoms with Gasteiger partial charge in [0.1, 0.15) is 28.2 Å². The number of aliphatic hydroxyl groups is 3. The fraction of sp³-hybridized carbons (Fsp3) is 0.429. The van der Waals surface area contributed by atoms with Gasteiger partial charge in [-0.1, -0.05) is 19.6 Å². The molecule has 3 aromatic heterocycles. The largest absolute Gasteiger partial charge is 0.433 e. The van der Waals surface area contributed by atoms with Crippen molar-refractivity contribution in [1.29, 1.82) is 0 Å². The Balaban J connectivity index is 0.00000405. The number of thiazole rings is 1. The van der Waals surface area contributed by atoms with Crippen LogP contribution in [0.25, 0.3) is 20.8 Å². The van der Waals surface area contributed by atoms with Gasteiger partial charge in [0, 0.05) is 25.6 Å². The third-order valence-corrected chi connectivity index (χ3v) is 8.06. The molecule has 7 N–H and O–H groups in total. The molecular weight excluding hydrogens is 568 g/mol. The SMILES string of the molecule is C.Cc1nc(N[C@H](C)c2ccc(OC(C)(F)F)cc2)nc(N[C@@H]2C[C@H](CO)[C@@H](O)[C@H]2O)c1-c1nc2c(N)nccc2s1. The molecule has 1 fully saturated rings. The fourth-order valence-corrected chi connectivity index (χ4v) is 5.98. The van der Waals surface area contributed by atoms with E-state index >= 15 is 0 Å². The van der Waals surface area contributed by atoms with Gasteiger partial charge in [0.2, 0.25) is 5.95 Å². The third kappa shape index (κ3) is 6.51. The molecule has 1 aromatic carbocycles. The minimum Gasteiger partial charge on any atom is -0.433 e. The van der Waals surface area contributed by atoms with Crippen LogP contribution in [0.3, 0.4) is 0 Å². The molecule has 0 unspecified atom stereocenters. The number of halogens is 2. The van der Waals surface area contributed by atoms with Crippen LogP contribution >= 0.6 is 11.3 Å². The normalized spacial score (nSPS) is 21.1. The van der Waals surface area contributed by atoms with Crippen LogP contribution in [-0.4, -0.2) is 66.2 Å². The number of aromatic nitrogens is 4. The van der Waals surface area contributed by atoms with Crippen LogP contribution < -0.4 is 21.1 Å². The van der Waals surface area contributed by atoms with Crippen molar-refractivity contribution in [2.45, 2.75) is 65.0 Å². The summed E-state index contributed by atoms with van der Waals surface area (Å²) in [4.78, 5) is 18.2. The monoisotopic (exact) mass is 603 g/mol. The Hall–Kier alpha value is -3.72. The van der Waals surface area contributed by atoms with Crippen molar-refractivity contribution in [1.82, 2.24) is 19.9 Å². The number of aliphatic hydroxyl groups excluding tert-OH is 3. The molecule has 0 saturated heterocycles. The van der Waals surface area contributed by atoms with E-state index in [4.69, 9.17) is 10.7 Å². The molecule has 14 heteroatoms. The smallest absolute Gasteiger partial charge is 0.394 e. The van der Waals surface area contributed by atoms with E-state index in [2.05, 4.69) is 30.3 Å². The topological polar surface area (TPSA) is 172 Å². The van der Waals surface area contributed by atoms with Gasteiger partial charge >= 0.3 is 6.11 Å². The Bertz CT molecular complexity index is 1530. The molecule has 5 rings (SSSR count). The first-order valence-electron chi connectivity index (χ1n) is 13.0. The Morgan fingerprint density at radius 3 is 2.48 bits per heavy atom. The van der Waals surface area contributed by atoms with Gasteiger partial charge in [0.05, 0.1) is 34.1 Å². The summed E-state index contributed by atoms with van der Waals surface area (Å²) in [7, 11) is 0. The van der Waals surface area contributed by atoms with Crippen LogP contribution in [0.15, 0.2) is 36.5 Å². The van der Waals surface area contributed by atoms with Crippen molar-refractivity contribution in [2.75, 3.05) is 23.0 Å². The molecule has 11 nitrogen and oxygen atoms in total. The average molecular weight is 604 g/mol. The summed E-state index contributed by atoms with van der Waals surface area (Å²) in [6.45, 7) is 4.09. The van der Waals surface area contributed by atoms with Crippen molar-refractivity contribution in [3.63, 3.8) is 0 Å². The summed E-state index contributed by atoms with van der Waals surface area (Å²) < 4.78 is 31.8. The van der Waals surface area contributed by atoms with Gasteiger partial charge in [-0.05, 0) is 44.0 Å². The second kappa shape index (κ2) is 12.3. The molecule has 42 heavy (non-hydrogen) atoms.